The summed E-state index contributed by atoms with van der Waals surface area (Å²) in [6.07, 6.45) is 0. The summed E-state index contributed by atoms with van der Waals surface area (Å²) in [7, 11) is 4.01. The molecule has 1 aromatic carbocycles. The highest BCUT2D eigenvalue weighted by Gasteiger charge is 2.08. The largest absolute Gasteiger partial charge is 0.460 e. The van der Waals surface area contributed by atoms with Gasteiger partial charge < -0.3 is 15.5 Å². The van der Waals surface area contributed by atoms with Crippen LogP contribution in [0.4, 0.5) is 0 Å². The zero-order chi connectivity index (χ0) is 15.2. The van der Waals surface area contributed by atoms with Gasteiger partial charge in [0.15, 0.2) is 0 Å². The maximum atomic E-state index is 7.49. The first-order valence-electron chi connectivity index (χ1n) is 6.97. The Morgan fingerprint density at radius 3 is 2.86 bits per heavy atom. The van der Waals surface area contributed by atoms with Crippen molar-refractivity contribution in [3.05, 3.63) is 47.7 Å². The van der Waals surface area contributed by atoms with Crippen LogP contribution in [0.1, 0.15) is 11.3 Å². The van der Waals surface area contributed by atoms with E-state index >= 15 is 0 Å². The highest BCUT2D eigenvalue weighted by Crippen LogP contribution is 2.23. The topological polar surface area (TPSA) is 78.3 Å². The lowest BCUT2D eigenvalue weighted by Crippen LogP contribution is -2.26. The summed E-state index contributed by atoms with van der Waals surface area (Å²) in [5, 5.41) is 10.6. The molecule has 0 aliphatic carbocycles. The molecule has 1 heterocycles. The van der Waals surface area contributed by atoms with E-state index < -0.39 is 0 Å². The van der Waals surface area contributed by atoms with Gasteiger partial charge in [0.2, 0.25) is 0 Å². The molecule has 112 valence electrons. The van der Waals surface area contributed by atoms with Crippen LogP contribution in [-0.4, -0.2) is 37.9 Å². The van der Waals surface area contributed by atoms with Crippen LogP contribution in [0, 0.1) is 5.41 Å². The van der Waals surface area contributed by atoms with Crippen LogP contribution in [0.2, 0.25) is 0 Å². The average molecular weight is 286 g/mol. The second kappa shape index (κ2) is 7.06. The van der Waals surface area contributed by atoms with Gasteiger partial charge in [-0.3, -0.25) is 10.3 Å². The number of furan rings is 1. The van der Waals surface area contributed by atoms with Crippen LogP contribution in [-0.2, 0) is 6.54 Å². The number of hydrogen-bond donors (Lipinski definition) is 3. The number of benzene rings is 1. The number of likely N-dealkylation sites (N-methyl/N-ethyl adjacent to an activating group) is 2. The van der Waals surface area contributed by atoms with Crippen molar-refractivity contribution in [1.29, 1.82) is 5.41 Å². The third-order valence-corrected chi connectivity index (χ3v) is 3.29. The summed E-state index contributed by atoms with van der Waals surface area (Å²) in [6, 6.07) is 11.5. The van der Waals surface area contributed by atoms with Gasteiger partial charge in [0.1, 0.15) is 17.4 Å². The normalized spacial score (nSPS) is 11.0. The molecular weight excluding hydrogens is 264 g/mol. The van der Waals surface area contributed by atoms with Crippen LogP contribution >= 0.6 is 0 Å². The number of nitrogens with two attached hydrogens (primary N) is 1. The highest BCUT2D eigenvalue weighted by atomic mass is 16.3. The molecule has 2 aromatic rings. The predicted octanol–water partition coefficient (Wildman–Crippen LogP) is 1.88. The monoisotopic (exact) mass is 286 g/mol. The molecule has 2 rings (SSSR count). The van der Waals surface area contributed by atoms with E-state index in [1.807, 2.05) is 43.4 Å². The summed E-state index contributed by atoms with van der Waals surface area (Å²) in [4.78, 5) is 2.20. The van der Waals surface area contributed by atoms with E-state index in [1.165, 1.54) is 0 Å². The third kappa shape index (κ3) is 4.18. The fraction of sp³-hybridized carbons (Fsp3) is 0.312. The van der Waals surface area contributed by atoms with E-state index in [1.54, 1.807) is 0 Å². The Labute approximate surface area is 125 Å². The second-order valence-electron chi connectivity index (χ2n) is 5.10. The van der Waals surface area contributed by atoms with Crippen molar-refractivity contribution in [3.63, 3.8) is 0 Å². The minimum Gasteiger partial charge on any atom is -0.460 e. The zero-order valence-corrected chi connectivity index (χ0v) is 12.5. The predicted molar refractivity (Wildman–Crippen MR) is 85.4 cm³/mol. The lowest BCUT2D eigenvalue weighted by Gasteiger charge is -2.14. The van der Waals surface area contributed by atoms with Crippen LogP contribution < -0.4 is 11.1 Å². The van der Waals surface area contributed by atoms with Gasteiger partial charge >= 0.3 is 0 Å². The van der Waals surface area contributed by atoms with Gasteiger partial charge in [-0.1, -0.05) is 18.2 Å². The van der Waals surface area contributed by atoms with E-state index in [9.17, 15) is 0 Å². The number of nitrogens with zero attached hydrogens (tertiary/aromatic N) is 1. The Morgan fingerprint density at radius 1 is 1.33 bits per heavy atom. The van der Waals surface area contributed by atoms with Crippen molar-refractivity contribution < 1.29 is 4.42 Å². The van der Waals surface area contributed by atoms with Gasteiger partial charge in [-0.15, -0.1) is 0 Å². The molecule has 0 aliphatic rings. The third-order valence-electron chi connectivity index (χ3n) is 3.29. The first kappa shape index (κ1) is 15.3. The van der Waals surface area contributed by atoms with Gasteiger partial charge in [-0.05, 0) is 32.3 Å². The van der Waals surface area contributed by atoms with Crippen molar-refractivity contribution >= 4 is 5.84 Å². The minimum atomic E-state index is 0.0652. The number of nitrogen functional groups attached to an aromatic ring is 1. The summed E-state index contributed by atoms with van der Waals surface area (Å²) in [6.45, 7) is 2.69. The summed E-state index contributed by atoms with van der Waals surface area (Å²) in [5.74, 6) is 1.79. The van der Waals surface area contributed by atoms with Crippen molar-refractivity contribution in [2.75, 3.05) is 27.2 Å². The van der Waals surface area contributed by atoms with Crippen molar-refractivity contribution in [1.82, 2.24) is 10.2 Å². The van der Waals surface area contributed by atoms with Crippen molar-refractivity contribution in [2.24, 2.45) is 5.73 Å². The van der Waals surface area contributed by atoms with E-state index in [0.29, 0.717) is 5.56 Å². The maximum Gasteiger partial charge on any atom is 0.134 e. The molecule has 0 saturated carbocycles. The molecule has 5 heteroatoms. The van der Waals surface area contributed by atoms with Gasteiger partial charge in [0, 0.05) is 24.2 Å². The highest BCUT2D eigenvalue weighted by molar-refractivity contribution is 5.95. The van der Waals surface area contributed by atoms with Crippen LogP contribution in [0.15, 0.2) is 40.8 Å². The molecule has 4 N–H and O–H groups in total. The zero-order valence-electron chi connectivity index (χ0n) is 12.5. The Hall–Kier alpha value is -2.11. The molecule has 0 fully saturated rings. The van der Waals surface area contributed by atoms with Crippen LogP contribution in [0.5, 0.6) is 0 Å². The molecule has 0 saturated heterocycles. The van der Waals surface area contributed by atoms with Crippen LogP contribution in [0.25, 0.3) is 11.3 Å². The lowest BCUT2D eigenvalue weighted by atomic mass is 10.1. The summed E-state index contributed by atoms with van der Waals surface area (Å²) in [5.41, 5.74) is 7.16. The summed E-state index contributed by atoms with van der Waals surface area (Å²) < 4.78 is 5.88. The Morgan fingerprint density at radius 2 is 2.14 bits per heavy atom. The Bertz CT molecular complexity index is 606. The molecule has 0 spiro atoms. The number of hydrogen-bond acceptors (Lipinski definition) is 4. The molecule has 0 bridgehead atoms. The molecule has 21 heavy (non-hydrogen) atoms. The first-order valence-corrected chi connectivity index (χ1v) is 6.97. The molecule has 1 aromatic heterocycles. The number of amidine groups is 1. The summed E-state index contributed by atoms with van der Waals surface area (Å²) >= 11 is 0. The molecule has 0 radical (unpaired) electrons. The smallest absolute Gasteiger partial charge is 0.134 e. The minimum absolute atomic E-state index is 0.0652. The number of rotatable bonds is 7. The van der Waals surface area contributed by atoms with Gasteiger partial charge in [0.25, 0.3) is 0 Å². The van der Waals surface area contributed by atoms with Gasteiger partial charge in [-0.25, -0.2) is 0 Å². The quantitative estimate of drug-likeness (QED) is 0.536. The standard InChI is InChI=1S/C16H22N4O/c1-19-8-9-20(2)11-14-6-7-15(21-14)12-4-3-5-13(10-12)16(17)18/h3-7,10,19H,8-9,11H2,1-2H3,(H3,17,18). The molecular formula is C16H22N4O. The number of nitrogens with one attached hydrogen (secondary N) is 2. The molecule has 5 nitrogen and oxygen atoms in total. The van der Waals surface area contributed by atoms with Crippen molar-refractivity contribution in [3.8, 4) is 11.3 Å². The molecule has 0 atom stereocenters. The van der Waals surface area contributed by atoms with Crippen LogP contribution in [0.3, 0.4) is 0 Å². The van der Waals surface area contributed by atoms with E-state index in [4.69, 9.17) is 15.6 Å². The fourth-order valence-electron chi connectivity index (χ4n) is 2.11. The Kier molecular flexibility index (Phi) is 5.14. The van der Waals surface area contributed by atoms with Gasteiger partial charge in [0.05, 0.1) is 6.54 Å². The first-order chi connectivity index (χ1) is 10.1. The van der Waals surface area contributed by atoms with E-state index in [-0.39, 0.29) is 5.84 Å². The van der Waals surface area contributed by atoms with E-state index in [2.05, 4.69) is 17.3 Å². The molecule has 0 amide bonds. The van der Waals surface area contributed by atoms with Crippen molar-refractivity contribution in [2.45, 2.75) is 6.54 Å². The second-order valence-corrected chi connectivity index (χ2v) is 5.10. The van der Waals surface area contributed by atoms with Gasteiger partial charge in [-0.2, -0.15) is 0 Å². The average Bonchev–Trinajstić information content (AvgIpc) is 2.93. The maximum absolute atomic E-state index is 7.49. The van der Waals surface area contributed by atoms with E-state index in [0.717, 1.165) is 36.7 Å². The fourth-order valence-corrected chi connectivity index (χ4v) is 2.11. The lowest BCUT2D eigenvalue weighted by molar-refractivity contribution is 0.298. The SMILES string of the molecule is CNCCN(C)Cc1ccc(-c2cccc(C(=N)N)c2)o1. The Balaban J connectivity index is 2.09. The molecule has 0 aliphatic heterocycles. The molecule has 0 unspecified atom stereocenters.